The van der Waals surface area contributed by atoms with Crippen molar-refractivity contribution in [3.8, 4) is 0 Å². The highest BCUT2D eigenvalue weighted by atomic mass is 19.3. The number of alkyl halides is 2. The van der Waals surface area contributed by atoms with Gasteiger partial charge in [0, 0.05) is 12.5 Å². The molecule has 2 atom stereocenters. The Balaban J connectivity index is 2.62. The van der Waals surface area contributed by atoms with Crippen molar-refractivity contribution in [1.82, 2.24) is 4.90 Å². The van der Waals surface area contributed by atoms with E-state index in [4.69, 9.17) is 10.8 Å². The van der Waals surface area contributed by atoms with E-state index in [0.717, 1.165) is 17.7 Å². The van der Waals surface area contributed by atoms with Crippen molar-refractivity contribution in [2.75, 3.05) is 26.2 Å². The van der Waals surface area contributed by atoms with Crippen LogP contribution in [0.5, 0.6) is 0 Å². The van der Waals surface area contributed by atoms with Gasteiger partial charge in [0.25, 0.3) is 6.43 Å². The lowest BCUT2D eigenvalue weighted by Gasteiger charge is -2.27. The molecule has 0 aromatic heterocycles. The van der Waals surface area contributed by atoms with Crippen molar-refractivity contribution in [2.24, 2.45) is 17.6 Å². The van der Waals surface area contributed by atoms with Crippen molar-refractivity contribution < 1.29 is 18.7 Å². The summed E-state index contributed by atoms with van der Waals surface area (Å²) in [6.45, 7) is -0.513. The van der Waals surface area contributed by atoms with Gasteiger partial charge in [0.05, 0.1) is 13.2 Å². The monoisotopic (exact) mass is 250 g/mol. The number of hydrogen-bond donors (Lipinski definition) is 2. The number of aliphatic hydroxyl groups is 1. The van der Waals surface area contributed by atoms with Crippen LogP contribution in [-0.2, 0) is 4.79 Å². The second-order valence-corrected chi connectivity index (χ2v) is 4.43. The molecule has 0 heterocycles. The molecule has 6 heteroatoms. The quantitative estimate of drug-likeness (QED) is 0.719. The highest BCUT2D eigenvalue weighted by molar-refractivity contribution is 5.79. The van der Waals surface area contributed by atoms with Crippen LogP contribution in [0.1, 0.15) is 19.3 Å². The highest BCUT2D eigenvalue weighted by Gasteiger charge is 2.35. The van der Waals surface area contributed by atoms with Gasteiger partial charge in [-0.3, -0.25) is 4.79 Å². The molecule has 0 saturated heterocycles. The number of halogens is 2. The second kappa shape index (κ2) is 6.86. The zero-order valence-corrected chi connectivity index (χ0v) is 9.82. The molecule has 1 aliphatic rings. The molecule has 3 N–H and O–H groups in total. The molecule has 17 heavy (non-hydrogen) atoms. The lowest BCUT2D eigenvalue weighted by molar-refractivity contribution is -0.139. The summed E-state index contributed by atoms with van der Waals surface area (Å²) >= 11 is 0. The third kappa shape index (κ3) is 3.89. The molecule has 0 bridgehead atoms. The molecule has 2 unspecified atom stereocenters. The van der Waals surface area contributed by atoms with Gasteiger partial charge >= 0.3 is 0 Å². The number of rotatable bonds is 6. The SMILES string of the molecule is NCC1CCCC1C(=O)N(CCO)CC(F)F. The van der Waals surface area contributed by atoms with Gasteiger partial charge in [-0.25, -0.2) is 8.78 Å². The topological polar surface area (TPSA) is 66.6 Å². The van der Waals surface area contributed by atoms with Crippen LogP contribution < -0.4 is 5.73 Å². The summed E-state index contributed by atoms with van der Waals surface area (Å²) in [4.78, 5) is 13.1. The first-order valence-electron chi connectivity index (χ1n) is 5.98. The Morgan fingerprint density at radius 1 is 1.47 bits per heavy atom. The summed E-state index contributed by atoms with van der Waals surface area (Å²) in [5.74, 6) is -0.432. The van der Waals surface area contributed by atoms with Gasteiger partial charge in [-0.15, -0.1) is 0 Å². The predicted molar refractivity (Wildman–Crippen MR) is 59.6 cm³/mol. The van der Waals surface area contributed by atoms with E-state index < -0.39 is 13.0 Å². The first-order valence-corrected chi connectivity index (χ1v) is 5.98. The maximum absolute atomic E-state index is 12.3. The molecule has 4 nitrogen and oxygen atoms in total. The van der Waals surface area contributed by atoms with E-state index in [9.17, 15) is 13.6 Å². The maximum Gasteiger partial charge on any atom is 0.255 e. The lowest BCUT2D eigenvalue weighted by Crippen LogP contribution is -2.42. The molecule has 1 rings (SSSR count). The fraction of sp³-hybridized carbons (Fsp3) is 0.909. The van der Waals surface area contributed by atoms with Gasteiger partial charge in [-0.1, -0.05) is 6.42 Å². The first kappa shape index (κ1) is 14.3. The van der Waals surface area contributed by atoms with Crippen LogP contribution in [0.2, 0.25) is 0 Å². The van der Waals surface area contributed by atoms with E-state index in [-0.39, 0.29) is 30.9 Å². The molecular weight excluding hydrogens is 230 g/mol. The van der Waals surface area contributed by atoms with Crippen LogP contribution in [0.4, 0.5) is 8.78 Å². The van der Waals surface area contributed by atoms with E-state index in [2.05, 4.69) is 0 Å². The van der Waals surface area contributed by atoms with Crippen LogP contribution >= 0.6 is 0 Å². The molecule has 0 aromatic rings. The Morgan fingerprint density at radius 2 is 2.18 bits per heavy atom. The number of carbonyl (C=O) groups is 1. The Hall–Kier alpha value is -0.750. The second-order valence-electron chi connectivity index (χ2n) is 4.43. The van der Waals surface area contributed by atoms with Crippen molar-refractivity contribution in [3.05, 3.63) is 0 Å². The van der Waals surface area contributed by atoms with E-state index in [1.807, 2.05) is 0 Å². The average Bonchev–Trinajstić information content (AvgIpc) is 2.74. The maximum atomic E-state index is 12.3. The number of carbonyl (C=O) groups excluding carboxylic acids is 1. The minimum atomic E-state index is -2.57. The Kier molecular flexibility index (Phi) is 5.77. The van der Waals surface area contributed by atoms with Crippen molar-refractivity contribution in [2.45, 2.75) is 25.7 Å². The molecule has 1 amide bonds. The van der Waals surface area contributed by atoms with Crippen LogP contribution in [0.15, 0.2) is 0 Å². The number of aliphatic hydroxyl groups excluding tert-OH is 1. The fourth-order valence-electron chi connectivity index (χ4n) is 2.46. The molecule has 100 valence electrons. The lowest BCUT2D eigenvalue weighted by atomic mass is 9.94. The van der Waals surface area contributed by atoms with Crippen molar-refractivity contribution >= 4 is 5.91 Å². The van der Waals surface area contributed by atoms with Crippen LogP contribution in [0, 0.1) is 11.8 Å². The number of nitrogens with two attached hydrogens (primary N) is 1. The zero-order chi connectivity index (χ0) is 12.8. The third-order valence-corrected chi connectivity index (χ3v) is 3.32. The van der Waals surface area contributed by atoms with Gasteiger partial charge in [0.1, 0.15) is 0 Å². The van der Waals surface area contributed by atoms with E-state index in [0.29, 0.717) is 13.0 Å². The zero-order valence-electron chi connectivity index (χ0n) is 9.82. The normalized spacial score (nSPS) is 24.3. The molecule has 0 aliphatic heterocycles. The van der Waals surface area contributed by atoms with Crippen LogP contribution in [-0.4, -0.2) is 48.6 Å². The van der Waals surface area contributed by atoms with Crippen LogP contribution in [0.3, 0.4) is 0 Å². The van der Waals surface area contributed by atoms with Gasteiger partial charge in [-0.05, 0) is 25.3 Å². The summed E-state index contributed by atoms with van der Waals surface area (Å²) in [5, 5.41) is 8.80. The minimum absolute atomic E-state index is 0.0308. The summed E-state index contributed by atoms with van der Waals surface area (Å²) in [6.07, 6.45) is -0.0522. The molecule has 1 fully saturated rings. The Labute approximate surface area is 99.8 Å². The molecular formula is C11H20F2N2O2. The molecule has 0 aromatic carbocycles. The van der Waals surface area contributed by atoms with Gasteiger partial charge in [0.2, 0.25) is 5.91 Å². The first-order chi connectivity index (χ1) is 8.10. The Bertz CT molecular complexity index is 252. The predicted octanol–water partition coefficient (Wildman–Crippen LogP) is 0.447. The largest absolute Gasteiger partial charge is 0.395 e. The minimum Gasteiger partial charge on any atom is -0.395 e. The van der Waals surface area contributed by atoms with Crippen molar-refractivity contribution in [1.29, 1.82) is 0 Å². The third-order valence-electron chi connectivity index (χ3n) is 3.32. The van der Waals surface area contributed by atoms with Gasteiger partial charge < -0.3 is 15.7 Å². The molecule has 1 saturated carbocycles. The molecule has 0 radical (unpaired) electrons. The van der Waals surface area contributed by atoms with E-state index >= 15 is 0 Å². The fourth-order valence-corrected chi connectivity index (χ4v) is 2.46. The smallest absolute Gasteiger partial charge is 0.255 e. The Morgan fingerprint density at radius 3 is 2.71 bits per heavy atom. The summed E-state index contributed by atoms with van der Waals surface area (Å²) in [5.41, 5.74) is 5.57. The molecule has 0 spiro atoms. The van der Waals surface area contributed by atoms with Crippen LogP contribution in [0.25, 0.3) is 0 Å². The van der Waals surface area contributed by atoms with E-state index in [1.54, 1.807) is 0 Å². The summed E-state index contributed by atoms with van der Waals surface area (Å²) < 4.78 is 24.7. The highest BCUT2D eigenvalue weighted by Crippen LogP contribution is 2.32. The van der Waals surface area contributed by atoms with Gasteiger partial charge in [0.15, 0.2) is 0 Å². The summed E-state index contributed by atoms with van der Waals surface area (Å²) in [6, 6.07) is 0. The summed E-state index contributed by atoms with van der Waals surface area (Å²) in [7, 11) is 0. The van der Waals surface area contributed by atoms with Gasteiger partial charge in [-0.2, -0.15) is 0 Å². The standard InChI is InChI=1S/C11H20F2N2O2/c12-10(13)7-15(4-5-16)11(17)9-3-1-2-8(9)6-14/h8-10,16H,1-7,14H2. The number of hydrogen-bond acceptors (Lipinski definition) is 3. The van der Waals surface area contributed by atoms with Crippen molar-refractivity contribution in [3.63, 3.8) is 0 Å². The number of amides is 1. The number of nitrogens with zero attached hydrogens (tertiary/aromatic N) is 1. The average molecular weight is 250 g/mol. The van der Waals surface area contributed by atoms with E-state index in [1.165, 1.54) is 0 Å². The molecule has 1 aliphatic carbocycles.